The van der Waals surface area contributed by atoms with Crippen molar-refractivity contribution >= 4 is 27.7 Å². The number of hydrogen-bond donors (Lipinski definition) is 0. The smallest absolute Gasteiger partial charge is 0.0632 e. The average molecular weight is 247 g/mol. The summed E-state index contributed by atoms with van der Waals surface area (Å²) >= 11 is 5.46. The molecule has 1 aromatic rings. The molecule has 2 heterocycles. The van der Waals surface area contributed by atoms with Crippen molar-refractivity contribution in [2.24, 2.45) is 0 Å². The van der Waals surface area contributed by atoms with Gasteiger partial charge in [0.15, 0.2) is 0 Å². The summed E-state index contributed by atoms with van der Waals surface area (Å²) < 4.78 is 3.17. The predicted molar refractivity (Wildman–Crippen MR) is 55.5 cm³/mol. The Kier molecular flexibility index (Phi) is 2.76. The van der Waals surface area contributed by atoms with Crippen LogP contribution in [-0.2, 0) is 0 Å². The third-order valence-corrected chi connectivity index (χ3v) is 3.59. The first-order valence-corrected chi connectivity index (χ1v) is 6.08. The Hall–Kier alpha value is 0.0400. The molecule has 0 amide bonds. The molecule has 0 aliphatic carbocycles. The van der Waals surface area contributed by atoms with E-state index in [0.29, 0.717) is 6.04 Å². The molecule has 0 unspecified atom stereocenters. The van der Waals surface area contributed by atoms with E-state index in [1.54, 1.807) is 0 Å². The van der Waals surface area contributed by atoms with Gasteiger partial charge in [0, 0.05) is 6.20 Å². The van der Waals surface area contributed by atoms with Crippen LogP contribution >= 0.6 is 27.7 Å². The van der Waals surface area contributed by atoms with E-state index >= 15 is 0 Å². The summed E-state index contributed by atoms with van der Waals surface area (Å²) in [7, 11) is 0. The molecule has 2 nitrogen and oxygen atoms in total. The molecular weight excluding hydrogens is 236 g/mol. The largest absolute Gasteiger partial charge is 0.268 e. The molecule has 4 heteroatoms. The van der Waals surface area contributed by atoms with Crippen molar-refractivity contribution in [1.82, 2.24) is 9.78 Å². The van der Waals surface area contributed by atoms with Gasteiger partial charge in [0.25, 0.3) is 0 Å². The van der Waals surface area contributed by atoms with E-state index in [0.717, 1.165) is 4.47 Å². The first-order valence-electron chi connectivity index (χ1n) is 4.13. The van der Waals surface area contributed by atoms with Crippen LogP contribution in [0.4, 0.5) is 0 Å². The van der Waals surface area contributed by atoms with Crippen LogP contribution in [0.3, 0.4) is 0 Å². The lowest BCUT2D eigenvalue weighted by Crippen LogP contribution is -2.15. The van der Waals surface area contributed by atoms with Crippen LogP contribution in [-0.4, -0.2) is 21.3 Å². The van der Waals surface area contributed by atoms with Gasteiger partial charge in [0.05, 0.1) is 16.7 Å². The fraction of sp³-hybridized carbons (Fsp3) is 0.625. The van der Waals surface area contributed by atoms with Crippen LogP contribution in [0.1, 0.15) is 18.9 Å². The minimum absolute atomic E-state index is 0.637. The van der Waals surface area contributed by atoms with E-state index < -0.39 is 0 Å². The van der Waals surface area contributed by atoms with E-state index in [4.69, 9.17) is 0 Å². The normalized spacial score (nSPS) is 19.8. The monoisotopic (exact) mass is 246 g/mol. The molecule has 1 aromatic heterocycles. The molecule has 0 aromatic carbocycles. The van der Waals surface area contributed by atoms with E-state index in [9.17, 15) is 0 Å². The zero-order valence-corrected chi connectivity index (χ0v) is 9.14. The summed E-state index contributed by atoms with van der Waals surface area (Å²) in [5.74, 6) is 2.56. The molecule has 0 radical (unpaired) electrons. The average Bonchev–Trinajstić information content (AvgIpc) is 2.54. The van der Waals surface area contributed by atoms with Gasteiger partial charge < -0.3 is 0 Å². The maximum atomic E-state index is 4.30. The van der Waals surface area contributed by atoms with E-state index in [2.05, 4.69) is 31.9 Å². The predicted octanol–water partition coefficient (Wildman–Crippen LogP) is 2.71. The lowest BCUT2D eigenvalue weighted by Gasteiger charge is -2.21. The molecule has 0 atom stereocenters. The SMILES string of the molecule is Brc1cnn(C2CCSCC2)c1. The summed E-state index contributed by atoms with van der Waals surface area (Å²) in [4.78, 5) is 0. The van der Waals surface area contributed by atoms with E-state index in [1.165, 1.54) is 24.3 Å². The van der Waals surface area contributed by atoms with Crippen molar-refractivity contribution < 1.29 is 0 Å². The highest BCUT2D eigenvalue weighted by Gasteiger charge is 2.15. The topological polar surface area (TPSA) is 17.8 Å². The van der Waals surface area contributed by atoms with Gasteiger partial charge in [-0.3, -0.25) is 4.68 Å². The second-order valence-corrected chi connectivity index (χ2v) is 5.12. The molecule has 0 spiro atoms. The van der Waals surface area contributed by atoms with Gasteiger partial charge in [-0.1, -0.05) is 0 Å². The summed E-state index contributed by atoms with van der Waals surface area (Å²) in [6.45, 7) is 0. The second-order valence-electron chi connectivity index (χ2n) is 2.98. The number of thioether (sulfide) groups is 1. The Labute approximate surface area is 84.8 Å². The number of halogens is 1. The molecule has 1 aliphatic rings. The minimum Gasteiger partial charge on any atom is -0.268 e. The van der Waals surface area contributed by atoms with Crippen LogP contribution in [0, 0.1) is 0 Å². The third-order valence-electron chi connectivity index (χ3n) is 2.13. The van der Waals surface area contributed by atoms with Gasteiger partial charge in [0.2, 0.25) is 0 Å². The molecule has 1 aliphatic heterocycles. The maximum absolute atomic E-state index is 4.30. The molecule has 66 valence electrons. The van der Waals surface area contributed by atoms with Crippen LogP contribution in [0.15, 0.2) is 16.9 Å². The van der Waals surface area contributed by atoms with Crippen molar-refractivity contribution in [2.45, 2.75) is 18.9 Å². The maximum Gasteiger partial charge on any atom is 0.0632 e. The highest BCUT2D eigenvalue weighted by atomic mass is 79.9. The van der Waals surface area contributed by atoms with Crippen molar-refractivity contribution in [2.75, 3.05) is 11.5 Å². The van der Waals surface area contributed by atoms with Gasteiger partial charge in [-0.05, 0) is 40.3 Å². The molecule has 1 fully saturated rings. The number of hydrogen-bond acceptors (Lipinski definition) is 2. The van der Waals surface area contributed by atoms with Crippen molar-refractivity contribution in [3.63, 3.8) is 0 Å². The molecule has 12 heavy (non-hydrogen) atoms. The fourth-order valence-electron chi connectivity index (χ4n) is 1.46. The summed E-state index contributed by atoms with van der Waals surface area (Å²) in [5.41, 5.74) is 0. The minimum atomic E-state index is 0.637. The fourth-order valence-corrected chi connectivity index (χ4v) is 2.85. The number of rotatable bonds is 1. The van der Waals surface area contributed by atoms with Crippen LogP contribution in [0.25, 0.3) is 0 Å². The van der Waals surface area contributed by atoms with Crippen LogP contribution < -0.4 is 0 Å². The molecule has 0 bridgehead atoms. The Balaban J connectivity index is 2.08. The quantitative estimate of drug-likeness (QED) is 0.759. The molecule has 2 rings (SSSR count). The Morgan fingerprint density at radius 1 is 1.50 bits per heavy atom. The molecule has 0 N–H and O–H groups in total. The first kappa shape index (κ1) is 8.63. The van der Waals surface area contributed by atoms with Crippen molar-refractivity contribution in [3.05, 3.63) is 16.9 Å². The Morgan fingerprint density at radius 2 is 2.25 bits per heavy atom. The highest BCUT2D eigenvalue weighted by molar-refractivity contribution is 9.10. The highest BCUT2D eigenvalue weighted by Crippen LogP contribution is 2.26. The summed E-state index contributed by atoms with van der Waals surface area (Å²) in [5, 5.41) is 4.30. The van der Waals surface area contributed by atoms with Gasteiger partial charge >= 0.3 is 0 Å². The Bertz CT molecular complexity index is 255. The van der Waals surface area contributed by atoms with Crippen molar-refractivity contribution in [3.8, 4) is 0 Å². The van der Waals surface area contributed by atoms with E-state index in [-0.39, 0.29) is 0 Å². The standard InChI is InChI=1S/C8H11BrN2S/c9-7-5-10-11(6-7)8-1-3-12-4-2-8/h5-6,8H,1-4H2. The summed E-state index contributed by atoms with van der Waals surface area (Å²) in [6, 6.07) is 0.637. The first-order chi connectivity index (χ1) is 5.86. The van der Waals surface area contributed by atoms with Gasteiger partial charge in [0.1, 0.15) is 0 Å². The number of aromatic nitrogens is 2. The molecule has 1 saturated heterocycles. The lowest BCUT2D eigenvalue weighted by atomic mass is 10.2. The number of nitrogens with zero attached hydrogens (tertiary/aromatic N) is 2. The van der Waals surface area contributed by atoms with Crippen molar-refractivity contribution in [1.29, 1.82) is 0 Å². The van der Waals surface area contributed by atoms with Crippen LogP contribution in [0.5, 0.6) is 0 Å². The van der Waals surface area contributed by atoms with Crippen LogP contribution in [0.2, 0.25) is 0 Å². The Morgan fingerprint density at radius 3 is 2.83 bits per heavy atom. The third kappa shape index (κ3) is 1.85. The molecular formula is C8H11BrN2S. The molecule has 0 saturated carbocycles. The van der Waals surface area contributed by atoms with E-state index in [1.807, 2.05) is 18.0 Å². The second kappa shape index (κ2) is 3.83. The van der Waals surface area contributed by atoms with Gasteiger partial charge in [-0.25, -0.2) is 0 Å². The van der Waals surface area contributed by atoms with Gasteiger partial charge in [-0.2, -0.15) is 16.9 Å². The summed E-state index contributed by atoms with van der Waals surface area (Å²) in [6.07, 6.45) is 6.46. The zero-order chi connectivity index (χ0) is 8.39. The zero-order valence-electron chi connectivity index (χ0n) is 6.74. The van der Waals surface area contributed by atoms with Gasteiger partial charge in [-0.15, -0.1) is 0 Å². The lowest BCUT2D eigenvalue weighted by molar-refractivity contribution is 0.426.